The van der Waals surface area contributed by atoms with Crippen LogP contribution in [0.15, 0.2) is 52.3 Å². The number of rotatable bonds is 3. The summed E-state index contributed by atoms with van der Waals surface area (Å²) in [6.07, 6.45) is 2.19. The van der Waals surface area contributed by atoms with E-state index in [1.54, 1.807) is 6.07 Å². The van der Waals surface area contributed by atoms with Crippen molar-refractivity contribution in [1.82, 2.24) is 0 Å². The minimum absolute atomic E-state index is 0.00617. The van der Waals surface area contributed by atoms with Crippen molar-refractivity contribution in [1.29, 1.82) is 0 Å². The minimum atomic E-state index is -3.61. The Hall–Kier alpha value is -2.06. The van der Waals surface area contributed by atoms with Gasteiger partial charge in [-0.3, -0.25) is 0 Å². The number of hydrogen-bond acceptors (Lipinski definition) is 6. The number of para-hydroxylation sites is 1. The van der Waals surface area contributed by atoms with E-state index in [1.807, 2.05) is 37.1 Å². The van der Waals surface area contributed by atoms with Crippen LogP contribution in [-0.4, -0.2) is 49.0 Å². The molecule has 27 heavy (non-hydrogen) atoms. The van der Waals surface area contributed by atoms with Gasteiger partial charge < -0.3 is 9.80 Å². The summed E-state index contributed by atoms with van der Waals surface area (Å²) in [5, 5.41) is 0. The van der Waals surface area contributed by atoms with E-state index < -0.39 is 19.7 Å². The van der Waals surface area contributed by atoms with Gasteiger partial charge in [-0.2, -0.15) is 0 Å². The van der Waals surface area contributed by atoms with Gasteiger partial charge in [-0.1, -0.05) is 18.2 Å². The predicted molar refractivity (Wildman–Crippen MR) is 108 cm³/mol. The molecule has 146 valence electrons. The Labute approximate surface area is 161 Å². The first kappa shape index (κ1) is 19.7. The van der Waals surface area contributed by atoms with E-state index in [1.165, 1.54) is 12.1 Å². The zero-order valence-corrected chi connectivity index (χ0v) is 17.5. The van der Waals surface area contributed by atoms with E-state index >= 15 is 0 Å². The molecule has 1 unspecified atom stereocenters. The van der Waals surface area contributed by atoms with Gasteiger partial charge in [0.05, 0.1) is 15.5 Å². The summed E-state index contributed by atoms with van der Waals surface area (Å²) >= 11 is 0. The van der Waals surface area contributed by atoms with Crippen LogP contribution in [0.25, 0.3) is 0 Å². The van der Waals surface area contributed by atoms with Gasteiger partial charge in [-0.15, -0.1) is 0 Å². The minimum Gasteiger partial charge on any atom is -0.372 e. The Balaban J connectivity index is 2.18. The zero-order valence-electron chi connectivity index (χ0n) is 15.9. The lowest BCUT2D eigenvalue weighted by atomic mass is 10.1. The summed E-state index contributed by atoms with van der Waals surface area (Å²) in [6, 6.07) is 12.4. The third kappa shape index (κ3) is 3.96. The van der Waals surface area contributed by atoms with E-state index in [9.17, 15) is 16.8 Å². The van der Waals surface area contributed by atoms with Crippen molar-refractivity contribution in [3.63, 3.8) is 0 Å². The van der Waals surface area contributed by atoms with Crippen LogP contribution in [0.2, 0.25) is 0 Å². The second-order valence-electron chi connectivity index (χ2n) is 7.16. The monoisotopic (exact) mass is 408 g/mol. The van der Waals surface area contributed by atoms with Crippen LogP contribution in [0.4, 0.5) is 11.4 Å². The quantitative estimate of drug-likeness (QED) is 0.776. The van der Waals surface area contributed by atoms with Crippen molar-refractivity contribution >= 4 is 31.0 Å². The van der Waals surface area contributed by atoms with Crippen LogP contribution >= 0.6 is 0 Å². The van der Waals surface area contributed by atoms with Crippen LogP contribution in [0.1, 0.15) is 12.5 Å². The number of anilines is 2. The van der Waals surface area contributed by atoms with Gasteiger partial charge >= 0.3 is 0 Å². The van der Waals surface area contributed by atoms with Gasteiger partial charge in [0.15, 0.2) is 19.7 Å². The molecule has 0 aromatic heterocycles. The summed E-state index contributed by atoms with van der Waals surface area (Å²) in [7, 11) is -5.10. The first-order valence-electron chi connectivity index (χ1n) is 8.58. The van der Waals surface area contributed by atoms with Crippen molar-refractivity contribution in [3.05, 3.63) is 48.0 Å². The molecule has 0 N–H and O–H groups in total. The second kappa shape index (κ2) is 6.83. The molecular weight excluding hydrogens is 384 g/mol. The Morgan fingerprint density at radius 3 is 2.22 bits per heavy atom. The van der Waals surface area contributed by atoms with Gasteiger partial charge in [0.25, 0.3) is 0 Å². The van der Waals surface area contributed by atoms with E-state index in [-0.39, 0.29) is 15.8 Å². The standard InChI is InChI=1S/C19H24N2O4S2/c1-14-12-20(2)17-8-6-5-7-15(17)13-21(14)18-10-9-16(26(3,22)23)11-19(18)27(4,24)25/h5-11,14H,12-13H2,1-4H3. The van der Waals surface area contributed by atoms with Crippen molar-refractivity contribution in [3.8, 4) is 0 Å². The summed E-state index contributed by atoms with van der Waals surface area (Å²) in [4.78, 5) is 4.24. The molecule has 0 bridgehead atoms. The third-order valence-corrected chi connectivity index (χ3v) is 7.12. The highest BCUT2D eigenvalue weighted by atomic mass is 32.2. The molecule has 0 fully saturated rings. The van der Waals surface area contributed by atoms with Crippen molar-refractivity contribution < 1.29 is 16.8 Å². The molecular formula is C19H24N2O4S2. The summed E-state index contributed by atoms with van der Waals surface area (Å²) in [5.41, 5.74) is 2.74. The number of nitrogens with zero attached hydrogens (tertiary/aromatic N) is 2. The molecule has 0 aliphatic carbocycles. The molecule has 1 aliphatic heterocycles. The number of benzene rings is 2. The third-order valence-electron chi connectivity index (χ3n) is 4.88. The first-order chi connectivity index (χ1) is 12.5. The lowest BCUT2D eigenvalue weighted by Crippen LogP contribution is -2.38. The lowest BCUT2D eigenvalue weighted by molar-refractivity contribution is 0.596. The predicted octanol–water partition coefficient (Wildman–Crippen LogP) is 2.34. The molecule has 2 aromatic rings. The van der Waals surface area contributed by atoms with Gasteiger partial charge in [0.2, 0.25) is 0 Å². The lowest BCUT2D eigenvalue weighted by Gasteiger charge is -2.32. The maximum Gasteiger partial charge on any atom is 0.177 e. The highest BCUT2D eigenvalue weighted by Crippen LogP contribution is 2.34. The van der Waals surface area contributed by atoms with Gasteiger partial charge in [0, 0.05) is 44.4 Å². The molecule has 0 amide bonds. The van der Waals surface area contributed by atoms with Crippen molar-refractivity contribution in [2.45, 2.75) is 29.3 Å². The fourth-order valence-electron chi connectivity index (χ4n) is 3.53. The molecule has 1 heterocycles. The van der Waals surface area contributed by atoms with Crippen LogP contribution in [0.5, 0.6) is 0 Å². The highest BCUT2D eigenvalue weighted by molar-refractivity contribution is 7.91. The molecule has 3 rings (SSSR count). The maximum absolute atomic E-state index is 12.4. The van der Waals surface area contributed by atoms with Crippen molar-refractivity contribution in [2.75, 3.05) is 35.9 Å². The van der Waals surface area contributed by atoms with E-state index in [0.717, 1.165) is 23.8 Å². The highest BCUT2D eigenvalue weighted by Gasteiger charge is 2.28. The fraction of sp³-hybridized carbons (Fsp3) is 0.368. The van der Waals surface area contributed by atoms with Crippen LogP contribution in [0.3, 0.4) is 0 Å². The molecule has 1 atom stereocenters. The van der Waals surface area contributed by atoms with E-state index in [0.29, 0.717) is 18.8 Å². The molecule has 0 spiro atoms. The van der Waals surface area contributed by atoms with Gasteiger partial charge in [-0.25, -0.2) is 16.8 Å². The Bertz CT molecular complexity index is 1080. The number of fused-ring (bicyclic) bond motifs is 1. The Morgan fingerprint density at radius 1 is 0.926 bits per heavy atom. The summed E-state index contributed by atoms with van der Waals surface area (Å²) in [6.45, 7) is 3.30. The van der Waals surface area contributed by atoms with Gasteiger partial charge in [0.1, 0.15) is 0 Å². The number of sulfone groups is 2. The van der Waals surface area contributed by atoms with Gasteiger partial charge in [-0.05, 0) is 36.8 Å². The average molecular weight is 409 g/mol. The van der Waals surface area contributed by atoms with Crippen molar-refractivity contribution in [2.24, 2.45) is 0 Å². The van der Waals surface area contributed by atoms with Crippen LogP contribution in [0, 0.1) is 0 Å². The Kier molecular flexibility index (Phi) is 4.98. The molecule has 0 radical (unpaired) electrons. The largest absolute Gasteiger partial charge is 0.372 e. The molecule has 1 aliphatic rings. The smallest absolute Gasteiger partial charge is 0.177 e. The maximum atomic E-state index is 12.4. The van der Waals surface area contributed by atoms with Crippen LogP contribution < -0.4 is 9.80 Å². The number of likely N-dealkylation sites (N-methyl/N-ethyl adjacent to an activating group) is 1. The van der Waals surface area contributed by atoms with E-state index in [4.69, 9.17) is 0 Å². The Morgan fingerprint density at radius 2 is 1.59 bits per heavy atom. The number of hydrogen-bond donors (Lipinski definition) is 0. The van der Waals surface area contributed by atoms with Crippen LogP contribution in [-0.2, 0) is 26.2 Å². The summed E-state index contributed by atoms with van der Waals surface area (Å²) < 4.78 is 48.7. The molecule has 0 saturated heterocycles. The molecule has 6 nitrogen and oxygen atoms in total. The first-order valence-corrected chi connectivity index (χ1v) is 12.4. The zero-order chi connectivity index (χ0) is 20.0. The average Bonchev–Trinajstić information content (AvgIpc) is 2.69. The topological polar surface area (TPSA) is 74.8 Å². The van der Waals surface area contributed by atoms with E-state index in [2.05, 4.69) is 11.0 Å². The summed E-state index contributed by atoms with van der Waals surface area (Å²) in [5.74, 6) is 0. The SMILES string of the molecule is CC1CN(C)c2ccccc2CN1c1ccc(S(C)(=O)=O)cc1S(C)(=O)=O. The molecule has 8 heteroatoms. The fourth-order valence-corrected chi connectivity index (χ4v) is 5.16. The molecule has 2 aromatic carbocycles. The normalized spacial score (nSPS) is 18.1. The molecule has 0 saturated carbocycles. The second-order valence-corrected chi connectivity index (χ2v) is 11.2.